The zero-order valence-corrected chi connectivity index (χ0v) is 15.6. The number of benzene rings is 2. The Morgan fingerprint density at radius 2 is 1.86 bits per heavy atom. The lowest BCUT2D eigenvalue weighted by atomic mass is 10.0. The molecule has 4 nitrogen and oxygen atoms in total. The predicted octanol–water partition coefficient (Wildman–Crippen LogP) is 4.11. The molecule has 0 bridgehead atoms. The molecule has 0 atom stereocenters. The van der Waals surface area contributed by atoms with Crippen molar-refractivity contribution in [3.05, 3.63) is 65.2 Å². The van der Waals surface area contributed by atoms with E-state index in [1.807, 2.05) is 24.3 Å². The van der Waals surface area contributed by atoms with Crippen molar-refractivity contribution in [3.63, 3.8) is 0 Å². The second kappa shape index (κ2) is 8.65. The summed E-state index contributed by atoms with van der Waals surface area (Å²) in [4.78, 5) is 14.6. The lowest BCUT2D eigenvalue weighted by Gasteiger charge is -2.32. The van der Waals surface area contributed by atoms with Crippen molar-refractivity contribution < 1.29 is 22.7 Å². The van der Waals surface area contributed by atoms with Gasteiger partial charge in [0.25, 0.3) is 5.91 Å². The highest BCUT2D eigenvalue weighted by atomic mass is 19.4. The predicted molar refractivity (Wildman–Crippen MR) is 100 cm³/mol. The number of hydrogen-bond donors (Lipinski definition) is 1. The van der Waals surface area contributed by atoms with Crippen LogP contribution in [0.4, 0.5) is 13.2 Å². The van der Waals surface area contributed by atoms with Crippen LogP contribution in [0.2, 0.25) is 0 Å². The molecule has 1 heterocycles. The molecule has 0 spiro atoms. The molecular weight excluding hydrogens is 369 g/mol. The molecular formula is C21H23F3N2O2. The number of carbonyl (C=O) groups is 1. The second-order valence-corrected chi connectivity index (χ2v) is 6.91. The first-order valence-corrected chi connectivity index (χ1v) is 9.19. The van der Waals surface area contributed by atoms with E-state index in [0.29, 0.717) is 0 Å². The quantitative estimate of drug-likeness (QED) is 0.833. The van der Waals surface area contributed by atoms with E-state index in [0.717, 1.165) is 55.9 Å². The molecule has 2 aromatic carbocycles. The molecule has 3 rings (SSSR count). The van der Waals surface area contributed by atoms with Crippen LogP contribution in [-0.4, -0.2) is 37.0 Å². The van der Waals surface area contributed by atoms with E-state index in [4.69, 9.17) is 4.74 Å². The summed E-state index contributed by atoms with van der Waals surface area (Å²) in [6.07, 6.45) is -2.96. The lowest BCUT2D eigenvalue weighted by Crippen LogP contribution is -2.44. The fourth-order valence-electron chi connectivity index (χ4n) is 3.42. The number of likely N-dealkylation sites (tertiary alicyclic amines) is 1. The number of halogens is 3. The number of carbonyl (C=O) groups excluding carboxylic acids is 1. The highest BCUT2D eigenvalue weighted by Gasteiger charge is 2.31. The Morgan fingerprint density at radius 1 is 1.14 bits per heavy atom. The molecule has 1 amide bonds. The fraction of sp³-hybridized carbons (Fsp3) is 0.381. The minimum atomic E-state index is -4.46. The average molecular weight is 392 g/mol. The lowest BCUT2D eigenvalue weighted by molar-refractivity contribution is -0.137. The molecule has 1 N–H and O–H groups in total. The van der Waals surface area contributed by atoms with Crippen molar-refractivity contribution in [2.24, 2.45) is 0 Å². The van der Waals surface area contributed by atoms with E-state index < -0.39 is 17.6 Å². The Hall–Kier alpha value is -2.54. The van der Waals surface area contributed by atoms with Gasteiger partial charge in [0, 0.05) is 36.8 Å². The van der Waals surface area contributed by atoms with Crippen molar-refractivity contribution in [1.29, 1.82) is 0 Å². The van der Waals surface area contributed by atoms with Crippen LogP contribution in [-0.2, 0) is 12.7 Å². The molecule has 2 aromatic rings. The number of nitrogens with zero attached hydrogens (tertiary/aromatic N) is 1. The van der Waals surface area contributed by atoms with Crippen LogP contribution in [0.5, 0.6) is 5.75 Å². The number of amides is 1. The van der Waals surface area contributed by atoms with Crippen molar-refractivity contribution in [2.45, 2.75) is 31.6 Å². The van der Waals surface area contributed by atoms with Crippen LogP contribution >= 0.6 is 0 Å². The molecule has 0 aliphatic carbocycles. The van der Waals surface area contributed by atoms with Crippen LogP contribution in [0.1, 0.15) is 34.3 Å². The smallest absolute Gasteiger partial charge is 0.416 e. The number of methoxy groups -OCH3 is 1. The van der Waals surface area contributed by atoms with Crippen LogP contribution in [0.15, 0.2) is 48.5 Å². The molecule has 7 heteroatoms. The van der Waals surface area contributed by atoms with Gasteiger partial charge in [-0.25, -0.2) is 0 Å². The van der Waals surface area contributed by atoms with E-state index in [1.54, 1.807) is 7.11 Å². The average Bonchev–Trinajstić information content (AvgIpc) is 2.69. The summed E-state index contributed by atoms with van der Waals surface area (Å²) in [7, 11) is 1.65. The van der Waals surface area contributed by atoms with Crippen LogP contribution < -0.4 is 10.1 Å². The maximum absolute atomic E-state index is 12.8. The molecule has 0 radical (unpaired) electrons. The minimum absolute atomic E-state index is 0.0336. The Labute approximate surface area is 162 Å². The molecule has 0 saturated carbocycles. The summed E-state index contributed by atoms with van der Waals surface area (Å²) >= 11 is 0. The van der Waals surface area contributed by atoms with Gasteiger partial charge in [0.2, 0.25) is 0 Å². The van der Waals surface area contributed by atoms with Gasteiger partial charge in [-0.2, -0.15) is 13.2 Å². The normalized spacial score (nSPS) is 16.0. The fourth-order valence-corrected chi connectivity index (χ4v) is 3.42. The molecule has 28 heavy (non-hydrogen) atoms. The molecule has 1 aliphatic rings. The van der Waals surface area contributed by atoms with Crippen molar-refractivity contribution in [2.75, 3.05) is 20.2 Å². The van der Waals surface area contributed by atoms with E-state index in [9.17, 15) is 18.0 Å². The zero-order valence-electron chi connectivity index (χ0n) is 15.6. The number of hydrogen-bond acceptors (Lipinski definition) is 3. The van der Waals surface area contributed by atoms with Gasteiger partial charge in [0.05, 0.1) is 12.7 Å². The Bertz CT molecular complexity index is 815. The monoisotopic (exact) mass is 392 g/mol. The second-order valence-electron chi connectivity index (χ2n) is 6.91. The Morgan fingerprint density at radius 3 is 2.54 bits per heavy atom. The van der Waals surface area contributed by atoms with E-state index in [-0.39, 0.29) is 11.6 Å². The van der Waals surface area contributed by atoms with Gasteiger partial charge in [-0.15, -0.1) is 0 Å². The zero-order chi connectivity index (χ0) is 20.1. The summed E-state index contributed by atoms with van der Waals surface area (Å²) < 4.78 is 43.8. The van der Waals surface area contributed by atoms with Crippen molar-refractivity contribution >= 4 is 5.91 Å². The van der Waals surface area contributed by atoms with Gasteiger partial charge in [-0.3, -0.25) is 9.69 Å². The third kappa shape index (κ3) is 5.04. The van der Waals surface area contributed by atoms with Gasteiger partial charge < -0.3 is 10.1 Å². The van der Waals surface area contributed by atoms with Crippen LogP contribution in [0.25, 0.3) is 0 Å². The molecule has 1 fully saturated rings. The summed E-state index contributed by atoms with van der Waals surface area (Å²) in [5.74, 6) is 0.386. The Balaban J connectivity index is 1.54. The van der Waals surface area contributed by atoms with Gasteiger partial charge >= 0.3 is 6.18 Å². The SMILES string of the molecule is COc1ccccc1CN1CCC(NC(=O)c2cccc(C(F)(F)F)c2)CC1. The molecule has 1 aliphatic heterocycles. The minimum Gasteiger partial charge on any atom is -0.496 e. The molecule has 0 aromatic heterocycles. The molecule has 1 saturated heterocycles. The standard InChI is InChI=1S/C21H23F3N2O2/c1-28-19-8-3-2-5-16(19)14-26-11-9-18(10-12-26)25-20(27)15-6-4-7-17(13-15)21(22,23)24/h2-8,13,18H,9-12,14H2,1H3,(H,25,27). The number of nitrogens with one attached hydrogen (secondary N) is 1. The number of alkyl halides is 3. The number of rotatable bonds is 5. The summed E-state index contributed by atoms with van der Waals surface area (Å²) in [5.41, 5.74) is 0.328. The first kappa shape index (κ1) is 20.2. The number of ether oxygens (including phenoxy) is 1. The van der Waals surface area contributed by atoms with Crippen molar-refractivity contribution in [1.82, 2.24) is 10.2 Å². The number of para-hydroxylation sites is 1. The first-order valence-electron chi connectivity index (χ1n) is 9.19. The van der Waals surface area contributed by atoms with Crippen molar-refractivity contribution in [3.8, 4) is 5.75 Å². The van der Waals surface area contributed by atoms with Gasteiger partial charge in [0.15, 0.2) is 0 Å². The highest BCUT2D eigenvalue weighted by molar-refractivity contribution is 5.94. The number of piperidine rings is 1. The van der Waals surface area contributed by atoms with E-state index >= 15 is 0 Å². The molecule has 150 valence electrons. The topological polar surface area (TPSA) is 41.6 Å². The van der Waals surface area contributed by atoms with Crippen LogP contribution in [0.3, 0.4) is 0 Å². The van der Waals surface area contributed by atoms with Gasteiger partial charge in [-0.05, 0) is 37.1 Å². The Kier molecular flexibility index (Phi) is 6.24. The van der Waals surface area contributed by atoms with Crippen LogP contribution in [0, 0.1) is 0 Å². The third-order valence-electron chi connectivity index (χ3n) is 4.96. The summed E-state index contributed by atoms with van der Waals surface area (Å²) in [5, 5.41) is 2.86. The highest BCUT2D eigenvalue weighted by Crippen LogP contribution is 2.29. The van der Waals surface area contributed by atoms with E-state index in [2.05, 4.69) is 10.2 Å². The molecule has 0 unspecified atom stereocenters. The maximum atomic E-state index is 12.8. The largest absolute Gasteiger partial charge is 0.496 e. The van der Waals surface area contributed by atoms with Gasteiger partial charge in [-0.1, -0.05) is 24.3 Å². The third-order valence-corrected chi connectivity index (χ3v) is 4.96. The van der Waals surface area contributed by atoms with E-state index in [1.165, 1.54) is 12.1 Å². The van der Waals surface area contributed by atoms with Gasteiger partial charge in [0.1, 0.15) is 5.75 Å². The first-order chi connectivity index (χ1) is 13.4. The summed E-state index contributed by atoms with van der Waals surface area (Å²) in [6.45, 7) is 2.36. The maximum Gasteiger partial charge on any atom is 0.416 e. The summed E-state index contributed by atoms with van der Waals surface area (Å²) in [6, 6.07) is 12.3.